The van der Waals surface area contributed by atoms with Crippen LogP contribution < -0.4 is 0 Å². The number of rotatable bonds is 12. The van der Waals surface area contributed by atoms with Crippen LogP contribution in [-0.2, 0) is 4.74 Å². The van der Waals surface area contributed by atoms with Crippen molar-refractivity contribution in [3.63, 3.8) is 0 Å². The summed E-state index contributed by atoms with van der Waals surface area (Å²) in [7, 11) is 0. The van der Waals surface area contributed by atoms with Crippen molar-refractivity contribution in [3.8, 4) is 0 Å². The molecule has 2 nitrogen and oxygen atoms in total. The maximum atomic E-state index is 8.57. The van der Waals surface area contributed by atoms with Crippen LogP contribution in [0, 0.1) is 5.92 Å². The molecular formula is C14H30O2. The maximum Gasteiger partial charge on any atom is 0.0697 e. The molecule has 0 saturated heterocycles. The smallest absolute Gasteiger partial charge is 0.0697 e. The Morgan fingerprint density at radius 2 is 1.62 bits per heavy atom. The van der Waals surface area contributed by atoms with Gasteiger partial charge in [0, 0.05) is 6.61 Å². The molecule has 0 heterocycles. The summed E-state index contributed by atoms with van der Waals surface area (Å²) in [6, 6.07) is 0. The average molecular weight is 230 g/mol. The molecule has 0 amide bonds. The highest BCUT2D eigenvalue weighted by atomic mass is 16.5. The van der Waals surface area contributed by atoms with E-state index in [0.29, 0.717) is 12.5 Å². The molecule has 2 heteroatoms. The second-order valence-electron chi connectivity index (χ2n) is 4.81. The normalized spacial score (nSPS) is 12.9. The lowest BCUT2D eigenvalue weighted by atomic mass is 10.0. The SMILES string of the molecule is CCCCCCCCCC(C)COCCO. The van der Waals surface area contributed by atoms with Crippen LogP contribution in [0.2, 0.25) is 0 Å². The lowest BCUT2D eigenvalue weighted by Gasteiger charge is -2.11. The van der Waals surface area contributed by atoms with Gasteiger partial charge in [-0.05, 0) is 12.3 Å². The molecule has 0 aliphatic heterocycles. The monoisotopic (exact) mass is 230 g/mol. The average Bonchev–Trinajstić information content (AvgIpc) is 2.28. The van der Waals surface area contributed by atoms with Crippen molar-refractivity contribution in [2.24, 2.45) is 5.92 Å². The molecule has 0 spiro atoms. The number of hydrogen-bond donors (Lipinski definition) is 1. The summed E-state index contributed by atoms with van der Waals surface area (Å²) in [5, 5.41) is 8.57. The third-order valence-electron chi connectivity index (χ3n) is 2.94. The summed E-state index contributed by atoms with van der Waals surface area (Å²) in [4.78, 5) is 0. The van der Waals surface area contributed by atoms with Crippen molar-refractivity contribution < 1.29 is 9.84 Å². The van der Waals surface area contributed by atoms with E-state index in [-0.39, 0.29) is 6.61 Å². The van der Waals surface area contributed by atoms with Gasteiger partial charge in [-0.3, -0.25) is 0 Å². The number of aliphatic hydroxyl groups is 1. The summed E-state index contributed by atoms with van der Waals surface area (Å²) in [6.07, 6.45) is 10.9. The molecule has 0 aromatic rings. The van der Waals surface area contributed by atoms with Crippen molar-refractivity contribution in [2.75, 3.05) is 19.8 Å². The molecule has 0 aromatic carbocycles. The summed E-state index contributed by atoms with van der Waals surface area (Å²) in [5.74, 6) is 0.641. The molecule has 0 radical (unpaired) electrons. The fraction of sp³-hybridized carbons (Fsp3) is 1.00. The molecule has 1 unspecified atom stereocenters. The zero-order chi connectivity index (χ0) is 12.1. The topological polar surface area (TPSA) is 29.5 Å². The van der Waals surface area contributed by atoms with Crippen LogP contribution in [0.4, 0.5) is 0 Å². The Morgan fingerprint density at radius 3 is 2.25 bits per heavy atom. The van der Waals surface area contributed by atoms with Gasteiger partial charge in [0.05, 0.1) is 13.2 Å². The van der Waals surface area contributed by atoms with Gasteiger partial charge < -0.3 is 9.84 Å². The number of aliphatic hydroxyl groups excluding tert-OH is 1. The quantitative estimate of drug-likeness (QED) is 0.517. The third kappa shape index (κ3) is 12.0. The Hall–Kier alpha value is -0.0800. The van der Waals surface area contributed by atoms with E-state index < -0.39 is 0 Å². The highest BCUT2D eigenvalue weighted by Gasteiger charge is 2.01. The lowest BCUT2D eigenvalue weighted by molar-refractivity contribution is 0.0691. The second-order valence-corrected chi connectivity index (χ2v) is 4.81. The Kier molecular flexibility index (Phi) is 12.9. The van der Waals surface area contributed by atoms with Crippen molar-refractivity contribution in [1.29, 1.82) is 0 Å². The molecule has 0 fully saturated rings. The first-order chi connectivity index (χ1) is 7.81. The molecule has 0 aliphatic carbocycles. The first kappa shape index (κ1) is 15.9. The van der Waals surface area contributed by atoms with E-state index in [2.05, 4.69) is 13.8 Å². The number of ether oxygens (including phenoxy) is 1. The van der Waals surface area contributed by atoms with Crippen LogP contribution in [0.15, 0.2) is 0 Å². The minimum atomic E-state index is 0.143. The minimum absolute atomic E-state index is 0.143. The highest BCUT2D eigenvalue weighted by Crippen LogP contribution is 2.12. The molecule has 16 heavy (non-hydrogen) atoms. The van der Waals surface area contributed by atoms with E-state index in [9.17, 15) is 0 Å². The molecule has 1 atom stereocenters. The molecule has 98 valence electrons. The van der Waals surface area contributed by atoms with Gasteiger partial charge in [-0.1, -0.05) is 58.8 Å². The Balaban J connectivity index is 3.06. The van der Waals surface area contributed by atoms with Crippen LogP contribution in [0.1, 0.15) is 65.2 Å². The van der Waals surface area contributed by atoms with Gasteiger partial charge in [0.1, 0.15) is 0 Å². The standard InChI is InChI=1S/C14H30O2/c1-3-4-5-6-7-8-9-10-14(2)13-16-12-11-15/h14-15H,3-13H2,1-2H3. The van der Waals surface area contributed by atoms with Crippen molar-refractivity contribution >= 4 is 0 Å². The lowest BCUT2D eigenvalue weighted by Crippen LogP contribution is -2.08. The molecular weight excluding hydrogens is 200 g/mol. The molecule has 0 saturated carbocycles. The molecule has 1 N–H and O–H groups in total. The summed E-state index contributed by atoms with van der Waals surface area (Å²) < 4.78 is 5.30. The van der Waals surface area contributed by atoms with E-state index in [4.69, 9.17) is 9.84 Å². The zero-order valence-electron chi connectivity index (χ0n) is 11.2. The van der Waals surface area contributed by atoms with Crippen molar-refractivity contribution in [2.45, 2.75) is 65.2 Å². The predicted molar refractivity (Wildman–Crippen MR) is 69.7 cm³/mol. The summed E-state index contributed by atoms with van der Waals surface area (Å²) >= 11 is 0. The van der Waals surface area contributed by atoms with E-state index in [1.165, 1.54) is 51.4 Å². The van der Waals surface area contributed by atoms with Gasteiger partial charge in [-0.2, -0.15) is 0 Å². The zero-order valence-corrected chi connectivity index (χ0v) is 11.2. The minimum Gasteiger partial charge on any atom is -0.394 e. The maximum absolute atomic E-state index is 8.57. The number of hydrogen-bond acceptors (Lipinski definition) is 2. The fourth-order valence-corrected chi connectivity index (χ4v) is 1.88. The predicted octanol–water partition coefficient (Wildman–Crippen LogP) is 3.77. The van der Waals surface area contributed by atoms with Crippen LogP contribution in [0.5, 0.6) is 0 Å². The van der Waals surface area contributed by atoms with Crippen molar-refractivity contribution in [1.82, 2.24) is 0 Å². The number of unbranched alkanes of at least 4 members (excludes halogenated alkanes) is 6. The van der Waals surface area contributed by atoms with E-state index in [1.807, 2.05) is 0 Å². The van der Waals surface area contributed by atoms with Crippen LogP contribution in [0.25, 0.3) is 0 Å². The van der Waals surface area contributed by atoms with E-state index in [0.717, 1.165) is 6.61 Å². The molecule has 0 aromatic heterocycles. The van der Waals surface area contributed by atoms with Gasteiger partial charge in [0.25, 0.3) is 0 Å². The van der Waals surface area contributed by atoms with Crippen LogP contribution >= 0.6 is 0 Å². The molecule has 0 aliphatic rings. The van der Waals surface area contributed by atoms with Gasteiger partial charge in [-0.15, -0.1) is 0 Å². The van der Waals surface area contributed by atoms with Crippen LogP contribution in [-0.4, -0.2) is 24.9 Å². The van der Waals surface area contributed by atoms with Crippen molar-refractivity contribution in [3.05, 3.63) is 0 Å². The molecule has 0 bridgehead atoms. The van der Waals surface area contributed by atoms with E-state index >= 15 is 0 Å². The largest absolute Gasteiger partial charge is 0.394 e. The second kappa shape index (κ2) is 13.0. The highest BCUT2D eigenvalue weighted by molar-refractivity contribution is 4.53. The Bertz CT molecular complexity index is 126. The fourth-order valence-electron chi connectivity index (χ4n) is 1.88. The third-order valence-corrected chi connectivity index (χ3v) is 2.94. The van der Waals surface area contributed by atoms with Gasteiger partial charge in [0.15, 0.2) is 0 Å². The first-order valence-corrected chi connectivity index (χ1v) is 6.99. The summed E-state index contributed by atoms with van der Waals surface area (Å²) in [5.41, 5.74) is 0. The first-order valence-electron chi connectivity index (χ1n) is 6.99. The molecule has 0 rings (SSSR count). The van der Waals surface area contributed by atoms with Gasteiger partial charge in [0.2, 0.25) is 0 Å². The summed E-state index contributed by atoms with van der Waals surface area (Å²) in [6.45, 7) is 5.92. The van der Waals surface area contributed by atoms with E-state index in [1.54, 1.807) is 0 Å². The van der Waals surface area contributed by atoms with Gasteiger partial charge in [-0.25, -0.2) is 0 Å². The Morgan fingerprint density at radius 1 is 1.00 bits per heavy atom. The Labute approximate surface area is 101 Å². The van der Waals surface area contributed by atoms with Gasteiger partial charge >= 0.3 is 0 Å². The van der Waals surface area contributed by atoms with Crippen LogP contribution in [0.3, 0.4) is 0 Å².